The Hall–Kier alpha value is -0.540. The minimum absolute atomic E-state index is 0.367. The second-order valence-electron chi connectivity index (χ2n) is 5.91. The maximum Gasteiger partial charge on any atom is 0.123 e. The zero-order chi connectivity index (χ0) is 13.5. The highest BCUT2D eigenvalue weighted by Crippen LogP contribution is 2.58. The molecular weight excluding hydrogens is 290 g/mol. The normalized spacial score (nSPS) is 22.7. The molecule has 2 nitrogen and oxygen atoms in total. The Morgan fingerprint density at radius 1 is 1.44 bits per heavy atom. The van der Waals surface area contributed by atoms with Gasteiger partial charge in [0, 0.05) is 16.1 Å². The molecule has 2 rings (SSSR count). The van der Waals surface area contributed by atoms with Crippen molar-refractivity contribution >= 4 is 15.9 Å². The van der Waals surface area contributed by atoms with Gasteiger partial charge in [-0.2, -0.15) is 0 Å². The van der Waals surface area contributed by atoms with Crippen LogP contribution in [0.4, 0.5) is 0 Å². The first-order valence-electron chi connectivity index (χ1n) is 6.42. The zero-order valence-corrected chi connectivity index (χ0v) is 13.4. The predicted molar refractivity (Wildman–Crippen MR) is 79.1 cm³/mol. The number of nitrogens with one attached hydrogen (secondary N) is 1. The number of aryl methyl sites for hydroxylation is 1. The first-order chi connectivity index (χ1) is 8.40. The smallest absolute Gasteiger partial charge is 0.123 e. The molecule has 2 unspecified atom stereocenters. The van der Waals surface area contributed by atoms with Gasteiger partial charge in [-0.15, -0.1) is 0 Å². The van der Waals surface area contributed by atoms with E-state index in [0.717, 1.165) is 10.2 Å². The summed E-state index contributed by atoms with van der Waals surface area (Å²) in [5.41, 5.74) is 2.91. The average molecular weight is 312 g/mol. The maximum absolute atomic E-state index is 5.55. The Bertz CT molecular complexity index is 456. The van der Waals surface area contributed by atoms with E-state index >= 15 is 0 Å². The second-order valence-corrected chi connectivity index (χ2v) is 6.76. The van der Waals surface area contributed by atoms with E-state index in [1.165, 1.54) is 17.5 Å². The van der Waals surface area contributed by atoms with E-state index in [-0.39, 0.29) is 0 Å². The largest absolute Gasteiger partial charge is 0.496 e. The molecule has 1 N–H and O–H groups in total. The standard InChI is InChI=1S/C15H22BrNO/c1-9-6-13(18-5)10(7-12(9)16)14(17-4)11-8-15(11,2)3/h6-7,11,14,17H,8H2,1-5H3. The van der Waals surface area contributed by atoms with Gasteiger partial charge in [0.1, 0.15) is 5.75 Å². The molecule has 0 spiro atoms. The van der Waals surface area contributed by atoms with Gasteiger partial charge in [0.25, 0.3) is 0 Å². The minimum Gasteiger partial charge on any atom is -0.496 e. The monoisotopic (exact) mass is 311 g/mol. The molecule has 0 saturated heterocycles. The van der Waals surface area contributed by atoms with Crippen LogP contribution in [0.2, 0.25) is 0 Å². The molecule has 18 heavy (non-hydrogen) atoms. The van der Waals surface area contributed by atoms with E-state index in [0.29, 0.717) is 17.4 Å². The fourth-order valence-electron chi connectivity index (χ4n) is 2.74. The number of benzene rings is 1. The van der Waals surface area contributed by atoms with Crippen molar-refractivity contribution in [1.82, 2.24) is 5.32 Å². The van der Waals surface area contributed by atoms with Gasteiger partial charge in [0.05, 0.1) is 7.11 Å². The van der Waals surface area contributed by atoms with E-state index < -0.39 is 0 Å². The van der Waals surface area contributed by atoms with Gasteiger partial charge in [0.2, 0.25) is 0 Å². The molecule has 2 atom stereocenters. The summed E-state index contributed by atoms with van der Waals surface area (Å²) in [6, 6.07) is 4.68. The molecule has 100 valence electrons. The van der Waals surface area contributed by atoms with Crippen molar-refractivity contribution in [1.29, 1.82) is 0 Å². The third kappa shape index (κ3) is 2.43. The Morgan fingerprint density at radius 2 is 2.06 bits per heavy atom. The van der Waals surface area contributed by atoms with Gasteiger partial charge in [-0.1, -0.05) is 29.8 Å². The van der Waals surface area contributed by atoms with Crippen LogP contribution in [-0.2, 0) is 0 Å². The van der Waals surface area contributed by atoms with Crippen molar-refractivity contribution in [3.8, 4) is 5.75 Å². The number of halogens is 1. The molecule has 1 aromatic rings. The summed E-state index contributed by atoms with van der Waals surface area (Å²) in [6.07, 6.45) is 1.27. The summed E-state index contributed by atoms with van der Waals surface area (Å²) < 4.78 is 6.70. The summed E-state index contributed by atoms with van der Waals surface area (Å²) >= 11 is 3.62. The maximum atomic E-state index is 5.55. The number of hydrogen-bond acceptors (Lipinski definition) is 2. The topological polar surface area (TPSA) is 21.3 Å². The number of rotatable bonds is 4. The first kappa shape index (κ1) is 13.9. The van der Waals surface area contributed by atoms with Crippen LogP contribution in [0.1, 0.15) is 37.4 Å². The highest BCUT2D eigenvalue weighted by molar-refractivity contribution is 9.10. The third-order valence-corrected chi connectivity index (χ3v) is 5.00. The van der Waals surface area contributed by atoms with Gasteiger partial charge in [-0.3, -0.25) is 0 Å². The fraction of sp³-hybridized carbons (Fsp3) is 0.600. The summed E-state index contributed by atoms with van der Waals surface area (Å²) in [7, 11) is 3.78. The lowest BCUT2D eigenvalue weighted by molar-refractivity contribution is 0.383. The fourth-order valence-corrected chi connectivity index (χ4v) is 3.10. The molecule has 1 aromatic carbocycles. The third-order valence-electron chi connectivity index (χ3n) is 4.15. The molecule has 0 aliphatic heterocycles. The van der Waals surface area contributed by atoms with Crippen LogP contribution in [0.15, 0.2) is 16.6 Å². The summed E-state index contributed by atoms with van der Waals surface area (Å²) in [5, 5.41) is 3.46. The summed E-state index contributed by atoms with van der Waals surface area (Å²) in [6.45, 7) is 6.75. The van der Waals surface area contributed by atoms with E-state index in [4.69, 9.17) is 4.74 Å². The van der Waals surface area contributed by atoms with Crippen molar-refractivity contribution in [2.45, 2.75) is 33.2 Å². The molecule has 0 radical (unpaired) electrons. The molecular formula is C15H22BrNO. The Labute approximate surface area is 118 Å². The molecule has 1 fully saturated rings. The van der Waals surface area contributed by atoms with Crippen molar-refractivity contribution in [2.24, 2.45) is 11.3 Å². The van der Waals surface area contributed by atoms with Gasteiger partial charge in [0.15, 0.2) is 0 Å². The molecule has 0 heterocycles. The van der Waals surface area contributed by atoms with E-state index in [1.54, 1.807) is 7.11 Å². The van der Waals surface area contributed by atoms with Crippen LogP contribution in [0, 0.1) is 18.3 Å². The zero-order valence-electron chi connectivity index (χ0n) is 11.8. The first-order valence-corrected chi connectivity index (χ1v) is 7.21. The van der Waals surface area contributed by atoms with Crippen LogP contribution in [0.3, 0.4) is 0 Å². The number of methoxy groups -OCH3 is 1. The van der Waals surface area contributed by atoms with Crippen molar-refractivity contribution in [3.63, 3.8) is 0 Å². The lowest BCUT2D eigenvalue weighted by Crippen LogP contribution is -2.21. The predicted octanol–water partition coefficient (Wildman–Crippen LogP) is 4.07. The van der Waals surface area contributed by atoms with Crippen LogP contribution in [0.25, 0.3) is 0 Å². The van der Waals surface area contributed by atoms with Gasteiger partial charge >= 0.3 is 0 Å². The lowest BCUT2D eigenvalue weighted by Gasteiger charge is -2.22. The second kappa shape index (κ2) is 4.86. The molecule has 3 heteroatoms. The molecule has 1 aliphatic rings. The highest BCUT2D eigenvalue weighted by atomic mass is 79.9. The lowest BCUT2D eigenvalue weighted by atomic mass is 9.95. The van der Waals surface area contributed by atoms with E-state index in [9.17, 15) is 0 Å². The number of ether oxygens (including phenoxy) is 1. The minimum atomic E-state index is 0.367. The molecule has 0 bridgehead atoms. The SMILES string of the molecule is CNC(c1cc(Br)c(C)cc1OC)C1CC1(C)C. The van der Waals surface area contributed by atoms with Gasteiger partial charge < -0.3 is 10.1 Å². The van der Waals surface area contributed by atoms with Crippen LogP contribution >= 0.6 is 15.9 Å². The quantitative estimate of drug-likeness (QED) is 0.905. The average Bonchev–Trinajstić information content (AvgIpc) is 2.93. The van der Waals surface area contributed by atoms with Gasteiger partial charge in [-0.05, 0) is 49.4 Å². The molecule has 1 aliphatic carbocycles. The Morgan fingerprint density at radius 3 is 2.50 bits per heavy atom. The van der Waals surface area contributed by atoms with Crippen LogP contribution in [0.5, 0.6) is 5.75 Å². The summed E-state index contributed by atoms with van der Waals surface area (Å²) in [4.78, 5) is 0. The van der Waals surface area contributed by atoms with Crippen LogP contribution < -0.4 is 10.1 Å². The highest BCUT2D eigenvalue weighted by Gasteiger charge is 2.50. The van der Waals surface area contributed by atoms with Crippen molar-refractivity contribution in [3.05, 3.63) is 27.7 Å². The van der Waals surface area contributed by atoms with Crippen molar-refractivity contribution < 1.29 is 4.74 Å². The number of hydrogen-bond donors (Lipinski definition) is 1. The summed E-state index contributed by atoms with van der Waals surface area (Å²) in [5.74, 6) is 1.67. The van der Waals surface area contributed by atoms with Crippen LogP contribution in [-0.4, -0.2) is 14.2 Å². The molecule has 1 saturated carbocycles. The van der Waals surface area contributed by atoms with Gasteiger partial charge in [-0.25, -0.2) is 0 Å². The van der Waals surface area contributed by atoms with E-state index in [1.807, 2.05) is 7.05 Å². The van der Waals surface area contributed by atoms with Crippen molar-refractivity contribution in [2.75, 3.05) is 14.2 Å². The Balaban J connectivity index is 2.39. The molecule has 0 aromatic heterocycles. The van der Waals surface area contributed by atoms with E-state index in [2.05, 4.69) is 54.2 Å². The molecule has 0 amide bonds. The Kier molecular flexibility index (Phi) is 3.75.